The van der Waals surface area contributed by atoms with E-state index in [1.165, 1.54) is 42.0 Å². The number of fused-ring (bicyclic) bond motifs is 2. The molecule has 3 atom stereocenters. The Labute approximate surface area is 114 Å². The summed E-state index contributed by atoms with van der Waals surface area (Å²) in [5.41, 5.74) is 7.89. The van der Waals surface area contributed by atoms with Crippen LogP contribution in [0.5, 0.6) is 0 Å². The summed E-state index contributed by atoms with van der Waals surface area (Å²) in [5, 5.41) is 2.49. The van der Waals surface area contributed by atoms with Crippen LogP contribution in [0.4, 0.5) is 0 Å². The van der Waals surface area contributed by atoms with Crippen LogP contribution in [0.25, 0.3) is 10.8 Å². The zero-order valence-corrected chi connectivity index (χ0v) is 11.1. The van der Waals surface area contributed by atoms with E-state index >= 15 is 0 Å². The van der Waals surface area contributed by atoms with Gasteiger partial charge >= 0.3 is 0 Å². The van der Waals surface area contributed by atoms with Crippen LogP contribution in [0.15, 0.2) is 36.7 Å². The van der Waals surface area contributed by atoms with Gasteiger partial charge in [-0.1, -0.05) is 31.0 Å². The highest BCUT2D eigenvalue weighted by molar-refractivity contribution is 5.85. The van der Waals surface area contributed by atoms with Crippen LogP contribution < -0.4 is 5.73 Å². The van der Waals surface area contributed by atoms with Gasteiger partial charge in [0.05, 0.1) is 0 Å². The first-order chi connectivity index (χ1) is 9.36. The number of benzene rings is 1. The van der Waals surface area contributed by atoms with Crippen molar-refractivity contribution < 1.29 is 0 Å². The quantitative estimate of drug-likeness (QED) is 0.885. The fourth-order valence-corrected chi connectivity index (χ4v) is 4.22. The normalized spacial score (nSPS) is 30.9. The minimum Gasteiger partial charge on any atom is -0.324 e. The standard InChI is InChI=1S/C17H20N2/c18-17(16-12-5-1-2-6-13(12)16)14-7-3-4-11-8-9-19-10-15(11)14/h3-4,7-10,12-13,16-17H,1-2,5-6,18H2. The zero-order chi connectivity index (χ0) is 12.8. The Bertz CT molecular complexity index is 590. The molecule has 2 aliphatic carbocycles. The molecule has 2 nitrogen and oxygen atoms in total. The average Bonchev–Trinajstić information content (AvgIpc) is 3.20. The molecule has 2 saturated carbocycles. The molecule has 2 heteroatoms. The van der Waals surface area contributed by atoms with Crippen molar-refractivity contribution in [3.63, 3.8) is 0 Å². The third kappa shape index (κ3) is 1.78. The van der Waals surface area contributed by atoms with Crippen molar-refractivity contribution in [2.24, 2.45) is 23.5 Å². The molecule has 0 aliphatic heterocycles. The Morgan fingerprint density at radius 1 is 1.11 bits per heavy atom. The number of rotatable bonds is 2. The summed E-state index contributed by atoms with van der Waals surface area (Å²) in [7, 11) is 0. The largest absolute Gasteiger partial charge is 0.324 e. The maximum Gasteiger partial charge on any atom is 0.0349 e. The summed E-state index contributed by atoms with van der Waals surface area (Å²) in [6, 6.07) is 8.74. The predicted octanol–water partition coefficient (Wildman–Crippen LogP) is 3.67. The second-order valence-corrected chi connectivity index (χ2v) is 6.16. The molecular weight excluding hydrogens is 232 g/mol. The first-order valence-corrected chi connectivity index (χ1v) is 7.44. The SMILES string of the molecule is NC(c1cccc2ccncc12)C1C2CCCCC21. The Morgan fingerprint density at radius 2 is 1.89 bits per heavy atom. The molecule has 2 N–H and O–H groups in total. The lowest BCUT2D eigenvalue weighted by Gasteiger charge is -2.14. The first-order valence-electron chi connectivity index (χ1n) is 7.44. The van der Waals surface area contributed by atoms with E-state index in [-0.39, 0.29) is 6.04 Å². The van der Waals surface area contributed by atoms with Crippen molar-refractivity contribution in [1.82, 2.24) is 4.98 Å². The fourth-order valence-electron chi connectivity index (χ4n) is 4.22. The monoisotopic (exact) mass is 252 g/mol. The van der Waals surface area contributed by atoms with Gasteiger partial charge in [0.2, 0.25) is 0 Å². The van der Waals surface area contributed by atoms with Gasteiger partial charge in [-0.25, -0.2) is 0 Å². The third-order valence-corrected chi connectivity index (χ3v) is 5.21. The Hall–Kier alpha value is -1.41. The van der Waals surface area contributed by atoms with E-state index in [0.29, 0.717) is 5.92 Å². The summed E-state index contributed by atoms with van der Waals surface area (Å²) in [4.78, 5) is 4.27. The maximum absolute atomic E-state index is 6.60. The van der Waals surface area contributed by atoms with E-state index in [9.17, 15) is 0 Å². The summed E-state index contributed by atoms with van der Waals surface area (Å²) >= 11 is 0. The molecule has 0 amide bonds. The van der Waals surface area contributed by atoms with E-state index < -0.39 is 0 Å². The molecule has 19 heavy (non-hydrogen) atoms. The summed E-state index contributed by atoms with van der Waals surface area (Å²) < 4.78 is 0. The molecule has 0 saturated heterocycles. The van der Waals surface area contributed by atoms with Crippen molar-refractivity contribution >= 4 is 10.8 Å². The lowest BCUT2D eigenvalue weighted by atomic mass is 9.96. The van der Waals surface area contributed by atoms with Crippen molar-refractivity contribution in [1.29, 1.82) is 0 Å². The topological polar surface area (TPSA) is 38.9 Å². The zero-order valence-electron chi connectivity index (χ0n) is 11.1. The molecule has 0 spiro atoms. The molecule has 2 aromatic rings. The number of nitrogens with zero attached hydrogens (tertiary/aromatic N) is 1. The second-order valence-electron chi connectivity index (χ2n) is 6.16. The summed E-state index contributed by atoms with van der Waals surface area (Å²) in [5.74, 6) is 2.51. The fraction of sp³-hybridized carbons (Fsp3) is 0.471. The number of nitrogens with two attached hydrogens (primary N) is 1. The molecule has 1 heterocycles. The molecule has 0 radical (unpaired) electrons. The molecule has 0 bridgehead atoms. The molecule has 3 unspecified atom stereocenters. The highest BCUT2D eigenvalue weighted by atomic mass is 14.7. The molecule has 1 aromatic heterocycles. The molecule has 2 aliphatic rings. The van der Waals surface area contributed by atoms with Crippen molar-refractivity contribution in [2.45, 2.75) is 31.7 Å². The molecular formula is C17H20N2. The van der Waals surface area contributed by atoms with Gasteiger partial charge in [0, 0.05) is 23.8 Å². The lowest BCUT2D eigenvalue weighted by Crippen LogP contribution is -2.14. The van der Waals surface area contributed by atoms with Crippen LogP contribution in [0.2, 0.25) is 0 Å². The first kappa shape index (κ1) is 11.4. The van der Waals surface area contributed by atoms with Gasteiger partial charge in [-0.05, 0) is 47.6 Å². The summed E-state index contributed by atoms with van der Waals surface area (Å²) in [6.07, 6.45) is 9.42. The van der Waals surface area contributed by atoms with Crippen LogP contribution in [-0.2, 0) is 0 Å². The van der Waals surface area contributed by atoms with E-state index in [1.54, 1.807) is 0 Å². The molecule has 98 valence electrons. The van der Waals surface area contributed by atoms with Gasteiger partial charge < -0.3 is 5.73 Å². The van der Waals surface area contributed by atoms with E-state index in [4.69, 9.17) is 5.73 Å². The minimum atomic E-state index is 0.195. The van der Waals surface area contributed by atoms with Crippen molar-refractivity contribution in [3.05, 3.63) is 42.2 Å². The van der Waals surface area contributed by atoms with Gasteiger partial charge in [-0.3, -0.25) is 4.98 Å². The Balaban J connectivity index is 1.71. The van der Waals surface area contributed by atoms with E-state index in [0.717, 1.165) is 11.8 Å². The lowest BCUT2D eigenvalue weighted by molar-refractivity contribution is 0.480. The van der Waals surface area contributed by atoms with Crippen LogP contribution in [0.1, 0.15) is 37.3 Å². The van der Waals surface area contributed by atoms with Gasteiger partial charge in [0.15, 0.2) is 0 Å². The van der Waals surface area contributed by atoms with E-state index in [1.807, 2.05) is 12.4 Å². The highest BCUT2D eigenvalue weighted by Crippen LogP contribution is 2.60. The third-order valence-electron chi connectivity index (χ3n) is 5.21. The van der Waals surface area contributed by atoms with Gasteiger partial charge in [0.25, 0.3) is 0 Å². The molecule has 4 rings (SSSR count). The van der Waals surface area contributed by atoms with Crippen LogP contribution >= 0.6 is 0 Å². The second kappa shape index (κ2) is 4.31. The highest BCUT2D eigenvalue weighted by Gasteiger charge is 2.53. The van der Waals surface area contributed by atoms with Crippen molar-refractivity contribution in [3.8, 4) is 0 Å². The Kier molecular flexibility index (Phi) is 2.59. The predicted molar refractivity (Wildman–Crippen MR) is 77.6 cm³/mol. The van der Waals surface area contributed by atoms with Gasteiger partial charge in [-0.2, -0.15) is 0 Å². The van der Waals surface area contributed by atoms with Crippen LogP contribution in [-0.4, -0.2) is 4.98 Å². The van der Waals surface area contributed by atoms with Gasteiger partial charge in [0.1, 0.15) is 0 Å². The number of hydrogen-bond donors (Lipinski definition) is 1. The van der Waals surface area contributed by atoms with Gasteiger partial charge in [-0.15, -0.1) is 0 Å². The summed E-state index contributed by atoms with van der Waals surface area (Å²) in [6.45, 7) is 0. The average molecular weight is 252 g/mol. The molecule has 1 aromatic carbocycles. The number of aromatic nitrogens is 1. The number of hydrogen-bond acceptors (Lipinski definition) is 2. The van der Waals surface area contributed by atoms with E-state index in [2.05, 4.69) is 29.2 Å². The Morgan fingerprint density at radius 3 is 2.68 bits per heavy atom. The molecule has 2 fully saturated rings. The van der Waals surface area contributed by atoms with Crippen molar-refractivity contribution in [2.75, 3.05) is 0 Å². The number of pyridine rings is 1. The smallest absolute Gasteiger partial charge is 0.0349 e. The van der Waals surface area contributed by atoms with Crippen LogP contribution in [0.3, 0.4) is 0 Å². The maximum atomic E-state index is 6.60. The van der Waals surface area contributed by atoms with Crippen LogP contribution in [0, 0.1) is 17.8 Å². The minimum absolute atomic E-state index is 0.195.